The first kappa shape index (κ1) is 19.9. The van der Waals surface area contributed by atoms with Gasteiger partial charge in [0.25, 0.3) is 5.91 Å². The van der Waals surface area contributed by atoms with Crippen molar-refractivity contribution in [1.29, 1.82) is 0 Å². The minimum absolute atomic E-state index is 0.0149. The van der Waals surface area contributed by atoms with E-state index in [2.05, 4.69) is 5.32 Å². The molecule has 1 atom stereocenters. The van der Waals surface area contributed by atoms with Crippen LogP contribution in [-0.4, -0.2) is 36.9 Å². The number of quaternary nitrogens is 1. The summed E-state index contributed by atoms with van der Waals surface area (Å²) in [4.78, 5) is 25.8. The third kappa shape index (κ3) is 5.86. The summed E-state index contributed by atoms with van der Waals surface area (Å²) in [5.41, 5.74) is 2.83. The molecule has 0 aliphatic carbocycles. The molecule has 26 heavy (non-hydrogen) atoms. The number of hydrogen-bond acceptors (Lipinski definition) is 2. The largest absolute Gasteiger partial charge is 0.332 e. The highest BCUT2D eigenvalue weighted by Gasteiger charge is 2.18. The van der Waals surface area contributed by atoms with Gasteiger partial charge in [-0.25, -0.2) is 0 Å². The summed E-state index contributed by atoms with van der Waals surface area (Å²) < 4.78 is 0. The Hall–Kier alpha value is -2.37. The minimum atomic E-state index is -0.219. The zero-order chi connectivity index (χ0) is 19.1. The number of benzene rings is 2. The van der Waals surface area contributed by atoms with Gasteiger partial charge >= 0.3 is 0 Å². The molecular weight excluding hydrogens is 350 g/mol. The van der Waals surface area contributed by atoms with Crippen LogP contribution in [0.15, 0.2) is 48.5 Å². The second-order valence-electron chi connectivity index (χ2n) is 6.41. The van der Waals surface area contributed by atoms with E-state index >= 15 is 0 Å². The number of anilines is 1. The lowest BCUT2D eigenvalue weighted by atomic mass is 10.1. The van der Waals surface area contributed by atoms with Crippen LogP contribution in [0.5, 0.6) is 0 Å². The summed E-state index contributed by atoms with van der Waals surface area (Å²) in [7, 11) is 1.63. The Kier molecular flexibility index (Phi) is 7.18. The average Bonchev–Trinajstić information content (AvgIpc) is 2.61. The highest BCUT2D eigenvalue weighted by molar-refractivity contribution is 6.31. The number of nitrogens with zero attached hydrogens (tertiary/aromatic N) is 1. The minimum Gasteiger partial charge on any atom is -0.332 e. The van der Waals surface area contributed by atoms with Crippen LogP contribution in [0.3, 0.4) is 0 Å². The van der Waals surface area contributed by atoms with E-state index in [0.29, 0.717) is 5.02 Å². The predicted octanol–water partition coefficient (Wildman–Crippen LogP) is 2.37. The molecule has 0 fully saturated rings. The van der Waals surface area contributed by atoms with Gasteiger partial charge in [-0.05, 0) is 32.0 Å². The highest BCUT2D eigenvalue weighted by atomic mass is 35.5. The molecule has 3 N–H and O–H groups in total. The van der Waals surface area contributed by atoms with Crippen molar-refractivity contribution in [2.45, 2.75) is 19.9 Å². The Balaban J connectivity index is 1.80. The first-order valence-electron chi connectivity index (χ1n) is 8.55. The number of nitrogens with one attached hydrogen (secondary N) is 1. The topological polar surface area (TPSA) is 66.0 Å². The normalized spacial score (nSPS) is 11.7. The van der Waals surface area contributed by atoms with Gasteiger partial charge in [0.2, 0.25) is 5.91 Å². The monoisotopic (exact) mass is 374 g/mol. The second kappa shape index (κ2) is 9.36. The number of carbonyl (C=O) groups excluding carboxylic acids is 2. The van der Waals surface area contributed by atoms with E-state index in [1.54, 1.807) is 7.05 Å². The van der Waals surface area contributed by atoms with E-state index in [4.69, 9.17) is 11.6 Å². The molecule has 2 amide bonds. The summed E-state index contributed by atoms with van der Waals surface area (Å²) in [6.07, 6.45) is 0. The molecule has 2 aromatic rings. The zero-order valence-corrected chi connectivity index (χ0v) is 16.1. The van der Waals surface area contributed by atoms with Crippen molar-refractivity contribution in [3.63, 3.8) is 0 Å². The van der Waals surface area contributed by atoms with Crippen molar-refractivity contribution in [2.75, 3.05) is 25.5 Å². The summed E-state index contributed by atoms with van der Waals surface area (Å²) in [6, 6.07) is 15.2. The second-order valence-corrected chi connectivity index (χ2v) is 6.82. The lowest BCUT2D eigenvalue weighted by molar-refractivity contribution is -0.683. The van der Waals surface area contributed by atoms with Crippen molar-refractivity contribution in [3.8, 4) is 0 Å². The molecule has 6 heteroatoms. The smallest absolute Gasteiger partial charge is 0.277 e. The van der Waals surface area contributed by atoms with E-state index in [1.807, 2.05) is 67.7 Å². The fourth-order valence-electron chi connectivity index (χ4n) is 2.55. The summed E-state index contributed by atoms with van der Waals surface area (Å²) in [5, 5.41) is 5.40. The van der Waals surface area contributed by atoms with Crippen LogP contribution in [0.1, 0.15) is 24.1 Å². The van der Waals surface area contributed by atoms with Crippen LogP contribution in [0, 0.1) is 6.92 Å². The van der Waals surface area contributed by atoms with Crippen molar-refractivity contribution < 1.29 is 14.9 Å². The molecule has 0 spiro atoms. The van der Waals surface area contributed by atoms with Gasteiger partial charge in [0.1, 0.15) is 6.04 Å². The van der Waals surface area contributed by atoms with Gasteiger partial charge < -0.3 is 15.5 Å². The Morgan fingerprint density at radius 1 is 1.15 bits per heavy atom. The van der Waals surface area contributed by atoms with Gasteiger partial charge in [-0.15, -0.1) is 0 Å². The van der Waals surface area contributed by atoms with Crippen LogP contribution in [0.25, 0.3) is 0 Å². The Morgan fingerprint density at radius 3 is 2.46 bits per heavy atom. The first-order valence-corrected chi connectivity index (χ1v) is 8.93. The fraction of sp³-hybridized carbons (Fsp3) is 0.300. The summed E-state index contributed by atoms with van der Waals surface area (Å²) in [5.74, 6) is -0.327. The SMILES string of the molecule is Cc1ccc(NC(=O)CN(C)C(=O)C[NH2+][C@@H](C)c2ccccc2Cl)cc1. The van der Waals surface area contributed by atoms with Crippen molar-refractivity contribution in [2.24, 2.45) is 0 Å². The van der Waals surface area contributed by atoms with Crippen LogP contribution in [0.4, 0.5) is 5.69 Å². The number of amides is 2. The van der Waals surface area contributed by atoms with Gasteiger partial charge in [0, 0.05) is 23.3 Å². The van der Waals surface area contributed by atoms with Gasteiger partial charge in [0.05, 0.1) is 6.54 Å². The van der Waals surface area contributed by atoms with E-state index in [0.717, 1.165) is 16.8 Å². The van der Waals surface area contributed by atoms with Gasteiger partial charge in [-0.1, -0.05) is 47.5 Å². The fourth-order valence-corrected chi connectivity index (χ4v) is 2.85. The molecule has 5 nitrogen and oxygen atoms in total. The highest BCUT2D eigenvalue weighted by Crippen LogP contribution is 2.19. The zero-order valence-electron chi connectivity index (χ0n) is 15.3. The lowest BCUT2D eigenvalue weighted by Crippen LogP contribution is -2.87. The standard InChI is InChI=1S/C20H24ClN3O2/c1-14-8-10-16(11-9-14)23-19(25)13-24(3)20(26)12-22-15(2)17-6-4-5-7-18(17)21/h4-11,15,22H,12-13H2,1-3H3,(H,23,25)/p+1/t15-/m0/s1. The van der Waals surface area contributed by atoms with Crippen molar-refractivity contribution in [1.82, 2.24) is 4.90 Å². The predicted molar refractivity (Wildman–Crippen MR) is 104 cm³/mol. The van der Waals surface area contributed by atoms with E-state index in [1.165, 1.54) is 4.90 Å². The Labute approximate surface area is 159 Å². The molecule has 0 heterocycles. The number of nitrogens with two attached hydrogens (primary N) is 1. The quantitative estimate of drug-likeness (QED) is 0.781. The van der Waals surface area contributed by atoms with Crippen LogP contribution >= 0.6 is 11.6 Å². The molecule has 0 bridgehead atoms. The average molecular weight is 375 g/mol. The first-order chi connectivity index (χ1) is 12.4. The van der Waals surface area contributed by atoms with Gasteiger partial charge in [0.15, 0.2) is 6.54 Å². The third-order valence-electron chi connectivity index (χ3n) is 4.18. The van der Waals surface area contributed by atoms with Gasteiger partial charge in [-0.3, -0.25) is 9.59 Å². The van der Waals surface area contributed by atoms with E-state index in [9.17, 15) is 9.59 Å². The van der Waals surface area contributed by atoms with Gasteiger partial charge in [-0.2, -0.15) is 0 Å². The van der Waals surface area contributed by atoms with Crippen molar-refractivity contribution in [3.05, 3.63) is 64.7 Å². The number of likely N-dealkylation sites (N-methyl/N-ethyl adjacent to an activating group) is 1. The summed E-state index contributed by atoms with van der Waals surface area (Å²) >= 11 is 6.18. The Bertz CT molecular complexity index is 762. The van der Waals surface area contributed by atoms with Crippen LogP contribution < -0.4 is 10.6 Å². The molecule has 0 unspecified atom stereocenters. The molecule has 0 radical (unpaired) electrons. The molecule has 0 aliphatic heterocycles. The number of aryl methyl sites for hydroxylation is 1. The van der Waals surface area contributed by atoms with Crippen LogP contribution in [0.2, 0.25) is 5.02 Å². The maximum absolute atomic E-state index is 12.3. The molecule has 0 aromatic heterocycles. The molecular formula is C20H25ClN3O2+. The summed E-state index contributed by atoms with van der Waals surface area (Å²) in [6.45, 7) is 4.25. The molecule has 0 saturated heterocycles. The molecule has 2 aromatic carbocycles. The number of halogens is 1. The molecule has 0 aliphatic rings. The number of hydrogen-bond donors (Lipinski definition) is 2. The number of rotatable bonds is 7. The van der Waals surface area contributed by atoms with E-state index in [-0.39, 0.29) is 30.9 Å². The lowest BCUT2D eigenvalue weighted by Gasteiger charge is -2.18. The maximum atomic E-state index is 12.3. The molecule has 2 rings (SSSR count). The molecule has 138 valence electrons. The maximum Gasteiger partial charge on any atom is 0.277 e. The third-order valence-corrected chi connectivity index (χ3v) is 4.53. The van der Waals surface area contributed by atoms with Crippen molar-refractivity contribution >= 4 is 29.1 Å². The molecule has 0 saturated carbocycles. The Morgan fingerprint density at radius 2 is 1.81 bits per heavy atom. The van der Waals surface area contributed by atoms with E-state index < -0.39 is 0 Å². The van der Waals surface area contributed by atoms with Crippen LogP contribution in [-0.2, 0) is 9.59 Å². The number of carbonyl (C=O) groups is 2.